The van der Waals surface area contributed by atoms with Crippen molar-refractivity contribution in [2.75, 3.05) is 23.3 Å². The van der Waals surface area contributed by atoms with Gasteiger partial charge in [0.25, 0.3) is 10.0 Å². The topological polar surface area (TPSA) is 75.7 Å². The number of sulfonamides is 1. The third kappa shape index (κ3) is 4.31. The minimum atomic E-state index is -3.94. The molecule has 27 heavy (non-hydrogen) atoms. The van der Waals surface area contributed by atoms with Crippen LogP contribution in [-0.4, -0.2) is 28.0 Å². The fraction of sp³-hybridized carbons (Fsp3) is 0.278. The van der Waals surface area contributed by atoms with E-state index < -0.39 is 10.0 Å². The van der Waals surface area contributed by atoms with Crippen molar-refractivity contribution >= 4 is 50.5 Å². The van der Waals surface area contributed by atoms with E-state index in [9.17, 15) is 13.2 Å². The molecule has 1 aliphatic heterocycles. The zero-order chi connectivity index (χ0) is 19.6. The molecule has 1 fully saturated rings. The molecule has 6 nitrogen and oxygen atoms in total. The molecule has 0 aliphatic carbocycles. The van der Waals surface area contributed by atoms with Crippen LogP contribution >= 0.6 is 23.2 Å². The molecule has 0 bridgehead atoms. The SMILES string of the molecule is COc1cc(NS(=O)(=O)c2cc(Cl)ccc2Cl)ccc1N1CCCCC1=O. The van der Waals surface area contributed by atoms with Gasteiger partial charge >= 0.3 is 0 Å². The molecule has 144 valence electrons. The number of hydrogen-bond acceptors (Lipinski definition) is 4. The molecule has 0 saturated carbocycles. The second-order valence-corrected chi connectivity index (χ2v) is 8.56. The maximum Gasteiger partial charge on any atom is 0.263 e. The van der Waals surface area contributed by atoms with Crippen molar-refractivity contribution in [3.8, 4) is 5.75 Å². The Morgan fingerprint density at radius 1 is 1.11 bits per heavy atom. The second-order valence-electron chi connectivity index (χ2n) is 6.07. The number of nitrogens with one attached hydrogen (secondary N) is 1. The average Bonchev–Trinajstić information content (AvgIpc) is 2.64. The van der Waals surface area contributed by atoms with Crippen LogP contribution in [0.4, 0.5) is 11.4 Å². The third-order valence-electron chi connectivity index (χ3n) is 4.23. The molecule has 0 atom stereocenters. The summed E-state index contributed by atoms with van der Waals surface area (Å²) in [6.07, 6.45) is 2.28. The molecular weight excluding hydrogens is 411 g/mol. The summed E-state index contributed by atoms with van der Waals surface area (Å²) in [5.41, 5.74) is 0.905. The summed E-state index contributed by atoms with van der Waals surface area (Å²) in [5.74, 6) is 0.432. The van der Waals surface area contributed by atoms with Gasteiger partial charge in [0.1, 0.15) is 10.6 Å². The van der Waals surface area contributed by atoms with E-state index in [0.717, 1.165) is 12.8 Å². The average molecular weight is 429 g/mol. The third-order valence-corrected chi connectivity index (χ3v) is 6.33. The van der Waals surface area contributed by atoms with Gasteiger partial charge in [0, 0.05) is 24.1 Å². The standard InChI is InChI=1S/C18H18Cl2N2O4S/c1-26-16-11-13(6-8-15(16)22-9-3-2-4-18(22)23)21-27(24,25)17-10-12(19)5-7-14(17)20/h5-8,10-11,21H,2-4,9H2,1H3. The van der Waals surface area contributed by atoms with E-state index in [4.69, 9.17) is 27.9 Å². The predicted molar refractivity (Wildman–Crippen MR) is 106 cm³/mol. The Morgan fingerprint density at radius 2 is 1.89 bits per heavy atom. The number of benzene rings is 2. The Morgan fingerprint density at radius 3 is 2.59 bits per heavy atom. The van der Waals surface area contributed by atoms with Gasteiger partial charge in [0.05, 0.1) is 23.5 Å². The molecule has 1 amide bonds. The largest absolute Gasteiger partial charge is 0.494 e. The van der Waals surface area contributed by atoms with E-state index in [1.54, 1.807) is 17.0 Å². The lowest BCUT2D eigenvalue weighted by Crippen LogP contribution is -2.35. The summed E-state index contributed by atoms with van der Waals surface area (Å²) in [6, 6.07) is 8.99. The smallest absolute Gasteiger partial charge is 0.263 e. The van der Waals surface area contributed by atoms with Gasteiger partial charge in [-0.3, -0.25) is 9.52 Å². The molecule has 1 N–H and O–H groups in total. The van der Waals surface area contributed by atoms with Gasteiger partial charge < -0.3 is 9.64 Å². The number of methoxy groups -OCH3 is 1. The Labute approximate surface area is 168 Å². The Hall–Kier alpha value is -1.96. The summed E-state index contributed by atoms with van der Waals surface area (Å²) in [5, 5.41) is 0.325. The fourth-order valence-electron chi connectivity index (χ4n) is 2.92. The van der Waals surface area contributed by atoms with Gasteiger partial charge in [0.15, 0.2) is 0 Å². The van der Waals surface area contributed by atoms with Crippen LogP contribution in [0.15, 0.2) is 41.3 Å². The van der Waals surface area contributed by atoms with E-state index >= 15 is 0 Å². The van der Waals surface area contributed by atoms with Crippen molar-refractivity contribution in [3.05, 3.63) is 46.4 Å². The van der Waals surface area contributed by atoms with Crippen LogP contribution < -0.4 is 14.4 Å². The van der Waals surface area contributed by atoms with Crippen molar-refractivity contribution in [2.24, 2.45) is 0 Å². The first-order valence-electron chi connectivity index (χ1n) is 8.28. The first-order chi connectivity index (χ1) is 12.8. The number of ether oxygens (including phenoxy) is 1. The van der Waals surface area contributed by atoms with Gasteiger partial charge in [-0.25, -0.2) is 8.42 Å². The highest BCUT2D eigenvalue weighted by molar-refractivity contribution is 7.92. The molecule has 9 heteroatoms. The molecule has 2 aromatic rings. The number of nitrogens with zero attached hydrogens (tertiary/aromatic N) is 1. The van der Waals surface area contributed by atoms with Crippen LogP contribution in [0.1, 0.15) is 19.3 Å². The molecule has 2 aromatic carbocycles. The number of halogens is 2. The molecule has 0 spiro atoms. The maximum atomic E-state index is 12.7. The van der Waals surface area contributed by atoms with Crippen LogP contribution in [0, 0.1) is 0 Å². The predicted octanol–water partition coefficient (Wildman–Crippen LogP) is 4.32. The molecule has 1 saturated heterocycles. The van der Waals surface area contributed by atoms with Crippen molar-refractivity contribution in [2.45, 2.75) is 24.2 Å². The van der Waals surface area contributed by atoms with Crippen molar-refractivity contribution < 1.29 is 17.9 Å². The summed E-state index contributed by atoms with van der Waals surface area (Å²) in [6.45, 7) is 0.610. The van der Waals surface area contributed by atoms with E-state index in [0.29, 0.717) is 24.4 Å². The molecular formula is C18H18Cl2N2O4S. The molecule has 0 aromatic heterocycles. The fourth-order valence-corrected chi connectivity index (χ4v) is 4.73. The number of rotatable bonds is 5. The highest BCUT2D eigenvalue weighted by Crippen LogP contribution is 2.34. The highest BCUT2D eigenvalue weighted by atomic mass is 35.5. The van der Waals surface area contributed by atoms with E-state index in [-0.39, 0.29) is 26.5 Å². The van der Waals surface area contributed by atoms with E-state index in [2.05, 4.69) is 4.72 Å². The van der Waals surface area contributed by atoms with Crippen LogP contribution in [-0.2, 0) is 14.8 Å². The van der Waals surface area contributed by atoms with Crippen molar-refractivity contribution in [3.63, 3.8) is 0 Å². The van der Waals surface area contributed by atoms with Crippen molar-refractivity contribution in [1.29, 1.82) is 0 Å². The zero-order valence-corrected chi connectivity index (χ0v) is 16.9. The summed E-state index contributed by atoms with van der Waals surface area (Å²) < 4.78 is 33.1. The van der Waals surface area contributed by atoms with Crippen molar-refractivity contribution in [1.82, 2.24) is 0 Å². The minimum Gasteiger partial charge on any atom is -0.494 e. The van der Waals surface area contributed by atoms with Gasteiger partial charge in [-0.15, -0.1) is 0 Å². The summed E-state index contributed by atoms with van der Waals surface area (Å²) in [7, 11) is -2.47. The van der Waals surface area contributed by atoms with E-state index in [1.165, 1.54) is 31.4 Å². The summed E-state index contributed by atoms with van der Waals surface area (Å²) >= 11 is 11.9. The lowest BCUT2D eigenvalue weighted by Gasteiger charge is -2.28. The Kier molecular flexibility index (Phi) is 5.83. The minimum absolute atomic E-state index is 0.0265. The van der Waals surface area contributed by atoms with Gasteiger partial charge in [-0.2, -0.15) is 0 Å². The number of carbonyl (C=O) groups is 1. The molecule has 0 radical (unpaired) electrons. The first-order valence-corrected chi connectivity index (χ1v) is 10.5. The molecule has 1 aliphatic rings. The molecule has 1 heterocycles. The lowest BCUT2D eigenvalue weighted by molar-refractivity contribution is -0.119. The number of amides is 1. The number of hydrogen-bond donors (Lipinski definition) is 1. The lowest BCUT2D eigenvalue weighted by atomic mass is 10.1. The Balaban J connectivity index is 1.91. The molecule has 3 rings (SSSR count). The normalized spacial score (nSPS) is 14.9. The van der Waals surface area contributed by atoms with Crippen LogP contribution in [0.5, 0.6) is 5.75 Å². The zero-order valence-electron chi connectivity index (χ0n) is 14.5. The number of carbonyl (C=O) groups excluding carboxylic acids is 1. The van der Waals surface area contributed by atoms with Crippen LogP contribution in [0.3, 0.4) is 0 Å². The van der Waals surface area contributed by atoms with E-state index in [1.807, 2.05) is 0 Å². The number of anilines is 2. The van der Waals surface area contributed by atoms with Gasteiger partial charge in [0.2, 0.25) is 5.91 Å². The van der Waals surface area contributed by atoms with Gasteiger partial charge in [-0.05, 0) is 43.2 Å². The second kappa shape index (κ2) is 7.96. The van der Waals surface area contributed by atoms with Gasteiger partial charge in [-0.1, -0.05) is 23.2 Å². The van der Waals surface area contributed by atoms with Crippen LogP contribution in [0.2, 0.25) is 10.0 Å². The monoisotopic (exact) mass is 428 g/mol. The highest BCUT2D eigenvalue weighted by Gasteiger charge is 2.24. The molecule has 0 unspecified atom stereocenters. The number of piperidine rings is 1. The first kappa shape index (κ1) is 19.8. The maximum absolute atomic E-state index is 12.7. The summed E-state index contributed by atoms with van der Waals surface area (Å²) in [4.78, 5) is 13.7. The Bertz CT molecular complexity index is 979. The quantitative estimate of drug-likeness (QED) is 0.768. The van der Waals surface area contributed by atoms with Crippen LogP contribution in [0.25, 0.3) is 0 Å².